The highest BCUT2D eigenvalue weighted by Gasteiger charge is 2.63. The molecule has 2 aromatic rings. The molecule has 13 nitrogen and oxygen atoms in total. The highest BCUT2D eigenvalue weighted by Crippen LogP contribution is 2.54. The molecular weight excluding hydrogens is 556 g/mol. The monoisotopic (exact) mass is 590 g/mol. The Balaban J connectivity index is 1.71. The summed E-state index contributed by atoms with van der Waals surface area (Å²) in [5.41, 5.74) is 3.27. The Morgan fingerprint density at radius 2 is 1.84 bits per heavy atom. The predicted octanol–water partition coefficient (Wildman–Crippen LogP) is 1.50. The number of nitrogens with zero attached hydrogens (tertiary/aromatic N) is 3. The third-order valence-corrected chi connectivity index (χ3v) is 8.61. The zero-order chi connectivity index (χ0) is 31.7. The number of carbonyl (C=O) groups excluding carboxylic acids is 3. The van der Waals surface area contributed by atoms with Gasteiger partial charge >= 0.3 is 0 Å². The van der Waals surface area contributed by atoms with E-state index in [9.17, 15) is 34.8 Å². The van der Waals surface area contributed by atoms with Gasteiger partial charge in [-0.2, -0.15) is 0 Å². The van der Waals surface area contributed by atoms with E-state index >= 15 is 0 Å². The molecule has 0 unspecified atom stereocenters. The van der Waals surface area contributed by atoms with E-state index in [1.807, 2.05) is 4.90 Å². The van der Waals surface area contributed by atoms with Crippen LogP contribution in [0.5, 0.6) is 5.75 Å². The predicted molar refractivity (Wildman–Crippen MR) is 159 cm³/mol. The number of hydrogen-bond donors (Lipinski definition) is 7. The summed E-state index contributed by atoms with van der Waals surface area (Å²) in [6, 6.07) is 3.94. The van der Waals surface area contributed by atoms with Gasteiger partial charge in [-0.05, 0) is 56.6 Å². The van der Waals surface area contributed by atoms with Crippen molar-refractivity contribution in [3.8, 4) is 16.9 Å². The average Bonchev–Trinajstić information content (AvgIpc) is 2.90. The Morgan fingerprint density at radius 1 is 1.16 bits per heavy atom. The van der Waals surface area contributed by atoms with Crippen molar-refractivity contribution in [2.45, 2.75) is 31.4 Å². The van der Waals surface area contributed by atoms with Crippen molar-refractivity contribution in [2.24, 2.45) is 17.6 Å². The molecule has 1 heterocycles. The van der Waals surface area contributed by atoms with Gasteiger partial charge in [0.15, 0.2) is 5.60 Å². The van der Waals surface area contributed by atoms with Gasteiger partial charge in [-0.3, -0.25) is 19.3 Å². The first-order valence-electron chi connectivity index (χ1n) is 13.6. The van der Waals surface area contributed by atoms with Gasteiger partial charge in [-0.1, -0.05) is 0 Å². The molecule has 1 aromatic carbocycles. The van der Waals surface area contributed by atoms with Gasteiger partial charge < -0.3 is 41.8 Å². The molecule has 0 aliphatic heterocycles. The maximum Gasteiger partial charge on any atom is 0.254 e. The van der Waals surface area contributed by atoms with Gasteiger partial charge in [0.25, 0.3) is 5.91 Å². The molecule has 0 radical (unpaired) electrons. The van der Waals surface area contributed by atoms with Gasteiger partial charge in [0, 0.05) is 55.5 Å². The number of phenolic OH excluding ortho intramolecular Hbond substituents is 1. The molecule has 8 N–H and O–H groups in total. The first kappa shape index (κ1) is 29.7. The van der Waals surface area contributed by atoms with Crippen LogP contribution in [0.1, 0.15) is 24.5 Å². The molecule has 0 saturated heterocycles. The number of pyridine rings is 1. The zero-order valence-corrected chi connectivity index (χ0v) is 24.4. The number of anilines is 2. The number of fused-ring (bicyclic) bond motifs is 3. The number of amides is 2. The minimum absolute atomic E-state index is 0.00815. The van der Waals surface area contributed by atoms with Crippen molar-refractivity contribution in [3.05, 3.63) is 52.4 Å². The van der Waals surface area contributed by atoms with Crippen LogP contribution in [-0.4, -0.2) is 93.5 Å². The fraction of sp³-hybridized carbons (Fsp3) is 0.367. The quantitative estimate of drug-likeness (QED) is 0.266. The van der Waals surface area contributed by atoms with Crippen molar-refractivity contribution >= 4 is 40.6 Å². The second-order valence-corrected chi connectivity index (χ2v) is 11.7. The van der Waals surface area contributed by atoms with Crippen molar-refractivity contribution < 1.29 is 34.8 Å². The van der Waals surface area contributed by atoms with E-state index in [2.05, 4.69) is 10.3 Å². The van der Waals surface area contributed by atoms with E-state index in [-0.39, 0.29) is 35.6 Å². The van der Waals surface area contributed by atoms with Crippen LogP contribution >= 0.6 is 0 Å². The maximum atomic E-state index is 14.2. The standard InChI is InChI=1S/C30H34N6O7/c1-12(37)34-19-7-6-13(11-33-19)15-10-18(35(2)3)16-8-14-9-17-23(36(4)5)26(40)22(29(32)42)27(31)30(17,43)28(41)20(14)25(39)21(16)24(15)38/h6-7,10-11,14,17,23,31,38-40,43H,8-9H2,1-5H3,(H2,32,42)(H,33,34,37)/t14-,17-,23-,30+/m0/s1. The zero-order valence-electron chi connectivity index (χ0n) is 24.4. The van der Waals surface area contributed by atoms with Crippen LogP contribution in [0, 0.1) is 17.2 Å². The number of likely N-dealkylation sites (N-methyl/N-ethyl adjacent to an activating group) is 1. The Hall–Kier alpha value is -4.75. The molecule has 2 amide bonds. The molecule has 3 aliphatic carbocycles. The summed E-state index contributed by atoms with van der Waals surface area (Å²) in [5, 5.41) is 57.3. The van der Waals surface area contributed by atoms with Crippen molar-refractivity contribution in [1.82, 2.24) is 9.88 Å². The third-order valence-electron chi connectivity index (χ3n) is 8.61. The summed E-state index contributed by atoms with van der Waals surface area (Å²) in [6.45, 7) is 1.35. The molecule has 3 aliphatic rings. The summed E-state index contributed by atoms with van der Waals surface area (Å²) in [5.74, 6) is -5.16. The fourth-order valence-corrected chi connectivity index (χ4v) is 6.77. The summed E-state index contributed by atoms with van der Waals surface area (Å²) in [4.78, 5) is 45.4. The van der Waals surface area contributed by atoms with Gasteiger partial charge in [0.05, 0.1) is 17.3 Å². The number of nitrogens with two attached hydrogens (primary N) is 1. The van der Waals surface area contributed by atoms with Crippen molar-refractivity contribution in [1.29, 1.82) is 5.41 Å². The number of nitrogens with one attached hydrogen (secondary N) is 2. The number of phenols is 1. The minimum Gasteiger partial charge on any atom is -0.510 e. The van der Waals surface area contributed by atoms with Crippen LogP contribution in [0.25, 0.3) is 16.9 Å². The highest BCUT2D eigenvalue weighted by atomic mass is 16.3. The second kappa shape index (κ2) is 10.2. The Labute approximate surface area is 247 Å². The number of benzene rings is 1. The van der Waals surface area contributed by atoms with E-state index in [1.54, 1.807) is 51.3 Å². The maximum absolute atomic E-state index is 14.2. The van der Waals surface area contributed by atoms with E-state index in [1.165, 1.54) is 13.1 Å². The number of primary amides is 1. The summed E-state index contributed by atoms with van der Waals surface area (Å²) in [6.07, 6.45) is 1.73. The number of aliphatic hydroxyl groups excluding tert-OH is 2. The van der Waals surface area contributed by atoms with Gasteiger partial charge in [0.2, 0.25) is 11.7 Å². The van der Waals surface area contributed by atoms with Crippen LogP contribution in [0.3, 0.4) is 0 Å². The van der Waals surface area contributed by atoms with E-state index in [4.69, 9.17) is 11.1 Å². The molecule has 4 atom stereocenters. The molecule has 43 heavy (non-hydrogen) atoms. The number of hydrogen-bond acceptors (Lipinski definition) is 11. The molecule has 226 valence electrons. The number of aliphatic hydroxyl groups is 3. The Kier molecular flexibility index (Phi) is 7.06. The summed E-state index contributed by atoms with van der Waals surface area (Å²) < 4.78 is 0. The van der Waals surface area contributed by atoms with Crippen molar-refractivity contribution in [3.63, 3.8) is 0 Å². The fourth-order valence-electron chi connectivity index (χ4n) is 6.77. The van der Waals surface area contributed by atoms with Gasteiger partial charge in [-0.15, -0.1) is 0 Å². The molecular formula is C30H34N6O7. The highest BCUT2D eigenvalue weighted by molar-refractivity contribution is 6.34. The first-order valence-corrected chi connectivity index (χ1v) is 13.6. The molecule has 0 bridgehead atoms. The number of ketones is 1. The minimum atomic E-state index is -2.57. The molecule has 13 heteroatoms. The number of rotatable bonds is 5. The van der Waals surface area contributed by atoms with Crippen molar-refractivity contribution in [2.75, 3.05) is 38.4 Å². The largest absolute Gasteiger partial charge is 0.510 e. The lowest BCUT2D eigenvalue weighted by atomic mass is 9.56. The SMILES string of the molecule is CC(=O)Nc1ccc(-c2cc(N(C)C)c3c(c2O)C(O)=C2C(=O)[C@]4(O)C(=N)C(C(N)=O)=C(O)[C@@H](N(C)C)[C@@H]4C[C@@H]2C3)cn1. The van der Waals surface area contributed by atoms with Crippen LogP contribution in [0.15, 0.2) is 41.3 Å². The summed E-state index contributed by atoms with van der Waals surface area (Å²) >= 11 is 0. The number of Topliss-reactive ketones (excluding diaryl/α,β-unsaturated/α-hetero) is 1. The van der Waals surface area contributed by atoms with E-state index < -0.39 is 58.0 Å². The van der Waals surface area contributed by atoms with Crippen LogP contribution in [0.2, 0.25) is 0 Å². The third kappa shape index (κ3) is 4.34. The Bertz CT molecular complexity index is 1660. The number of aromatic nitrogens is 1. The molecule has 1 fully saturated rings. The Morgan fingerprint density at radius 3 is 2.37 bits per heavy atom. The number of aromatic hydroxyl groups is 1. The average molecular weight is 591 g/mol. The van der Waals surface area contributed by atoms with Gasteiger partial charge in [0.1, 0.15) is 28.7 Å². The van der Waals surface area contributed by atoms with Crippen LogP contribution in [-0.2, 0) is 20.8 Å². The second-order valence-electron chi connectivity index (χ2n) is 11.7. The lowest BCUT2D eigenvalue weighted by Crippen LogP contribution is -2.67. The van der Waals surface area contributed by atoms with E-state index in [0.29, 0.717) is 28.2 Å². The molecule has 1 aromatic heterocycles. The molecule has 0 spiro atoms. The number of carbonyl (C=O) groups is 3. The smallest absolute Gasteiger partial charge is 0.254 e. The normalized spacial score (nSPS) is 24.9. The molecule has 5 rings (SSSR count). The van der Waals surface area contributed by atoms with Gasteiger partial charge in [-0.25, -0.2) is 4.98 Å². The summed E-state index contributed by atoms with van der Waals surface area (Å²) in [7, 11) is 6.82. The van der Waals surface area contributed by atoms with Crippen LogP contribution < -0.4 is 16.0 Å². The lowest BCUT2D eigenvalue weighted by Gasteiger charge is -2.51. The molecule has 1 saturated carbocycles. The lowest BCUT2D eigenvalue weighted by molar-refractivity contribution is -0.138. The van der Waals surface area contributed by atoms with Crippen LogP contribution in [0.4, 0.5) is 11.5 Å². The van der Waals surface area contributed by atoms with E-state index in [0.717, 1.165) is 0 Å². The topological polar surface area (TPSA) is 213 Å². The first-order chi connectivity index (χ1) is 20.1.